The molecule has 1 aliphatic carbocycles. The predicted molar refractivity (Wildman–Crippen MR) is 95.5 cm³/mol. The molecule has 25 heavy (non-hydrogen) atoms. The van der Waals surface area contributed by atoms with Crippen LogP contribution in [-0.4, -0.2) is 52.1 Å². The summed E-state index contributed by atoms with van der Waals surface area (Å²) in [6.45, 7) is 0. The summed E-state index contributed by atoms with van der Waals surface area (Å²) in [4.78, 5) is 34.3. The molecule has 0 radical (unpaired) electrons. The van der Waals surface area contributed by atoms with Crippen molar-refractivity contribution in [3.8, 4) is 0 Å². The van der Waals surface area contributed by atoms with Gasteiger partial charge in [0.1, 0.15) is 0 Å². The van der Waals surface area contributed by atoms with Crippen molar-refractivity contribution >= 4 is 29.7 Å². The van der Waals surface area contributed by atoms with Crippen LogP contribution in [0.5, 0.6) is 0 Å². The Labute approximate surface area is 152 Å². The number of aliphatic carboxylic acids is 1. The van der Waals surface area contributed by atoms with Gasteiger partial charge < -0.3 is 21.1 Å². The van der Waals surface area contributed by atoms with E-state index in [4.69, 9.17) is 5.11 Å². The first-order valence-corrected chi connectivity index (χ1v) is 10.3. The lowest BCUT2D eigenvalue weighted by molar-refractivity contribution is -0.142. The lowest BCUT2D eigenvalue weighted by atomic mass is 9.86. The third-order valence-electron chi connectivity index (χ3n) is 5.52. The summed E-state index contributed by atoms with van der Waals surface area (Å²) in [6, 6.07) is 0.564. The van der Waals surface area contributed by atoms with Crippen molar-refractivity contribution in [1.29, 1.82) is 0 Å². The number of carbonyl (C=O) groups is 3. The number of carboxylic acids is 1. The molecule has 2 saturated heterocycles. The molecule has 0 unspecified atom stereocenters. The third-order valence-corrected chi connectivity index (χ3v) is 7.03. The number of nitrogens with one attached hydrogen (secondary N) is 3. The molecule has 0 aromatic carbocycles. The SMILES string of the molecule is O=C(CCCC[C@@H]1SC[C@@H]2NC(=O)N[C@@H]21)NC1CCC(C(=O)O)CC1. The quantitative estimate of drug-likeness (QED) is 0.402. The van der Waals surface area contributed by atoms with Crippen LogP contribution in [0.25, 0.3) is 0 Å². The predicted octanol–water partition coefficient (Wildman–Crippen LogP) is 1.47. The van der Waals surface area contributed by atoms with Crippen LogP contribution in [0.2, 0.25) is 0 Å². The van der Waals surface area contributed by atoms with E-state index in [1.54, 1.807) is 0 Å². The van der Waals surface area contributed by atoms with Gasteiger partial charge in [0.05, 0.1) is 18.0 Å². The van der Waals surface area contributed by atoms with Gasteiger partial charge in [0.25, 0.3) is 0 Å². The average molecular weight is 369 g/mol. The highest BCUT2D eigenvalue weighted by atomic mass is 32.2. The number of unbranched alkanes of at least 4 members (excludes halogenated alkanes) is 1. The van der Waals surface area contributed by atoms with E-state index < -0.39 is 5.97 Å². The number of hydrogen-bond donors (Lipinski definition) is 4. The van der Waals surface area contributed by atoms with Gasteiger partial charge in [-0.2, -0.15) is 11.8 Å². The minimum atomic E-state index is -0.717. The fourth-order valence-electron chi connectivity index (χ4n) is 4.06. The number of thioether (sulfide) groups is 1. The van der Waals surface area contributed by atoms with E-state index in [1.165, 1.54) is 0 Å². The van der Waals surface area contributed by atoms with Crippen LogP contribution < -0.4 is 16.0 Å². The van der Waals surface area contributed by atoms with Crippen molar-refractivity contribution < 1.29 is 19.5 Å². The third kappa shape index (κ3) is 4.80. The van der Waals surface area contributed by atoms with Gasteiger partial charge in [-0.25, -0.2) is 4.79 Å². The molecular weight excluding hydrogens is 342 g/mol. The van der Waals surface area contributed by atoms with Gasteiger partial charge >= 0.3 is 12.0 Å². The monoisotopic (exact) mass is 369 g/mol. The van der Waals surface area contributed by atoms with E-state index in [0.717, 1.165) is 37.9 Å². The van der Waals surface area contributed by atoms with E-state index >= 15 is 0 Å². The molecule has 1 saturated carbocycles. The van der Waals surface area contributed by atoms with Gasteiger partial charge in [-0.3, -0.25) is 9.59 Å². The minimum absolute atomic E-state index is 0.0581. The molecule has 2 aliphatic heterocycles. The number of carbonyl (C=O) groups excluding carboxylic acids is 2. The van der Waals surface area contributed by atoms with Crippen LogP contribution in [0.4, 0.5) is 4.79 Å². The van der Waals surface area contributed by atoms with Crippen molar-refractivity contribution in [3.05, 3.63) is 0 Å². The fraction of sp³-hybridized carbons (Fsp3) is 0.824. The normalized spacial score (nSPS) is 34.1. The van der Waals surface area contributed by atoms with Gasteiger partial charge in [0, 0.05) is 23.5 Å². The summed E-state index contributed by atoms with van der Waals surface area (Å²) in [6.07, 6.45) is 6.21. The van der Waals surface area contributed by atoms with Crippen LogP contribution >= 0.6 is 11.8 Å². The number of hydrogen-bond acceptors (Lipinski definition) is 4. The number of fused-ring (bicyclic) bond motifs is 1. The molecule has 3 aliphatic rings. The van der Waals surface area contributed by atoms with Crippen molar-refractivity contribution in [2.75, 3.05) is 5.75 Å². The minimum Gasteiger partial charge on any atom is -0.481 e. The van der Waals surface area contributed by atoms with E-state index in [0.29, 0.717) is 24.5 Å². The molecule has 0 aromatic rings. The van der Waals surface area contributed by atoms with E-state index in [1.807, 2.05) is 11.8 Å². The lowest BCUT2D eigenvalue weighted by Gasteiger charge is -2.26. The van der Waals surface area contributed by atoms with E-state index in [9.17, 15) is 14.4 Å². The first-order valence-electron chi connectivity index (χ1n) is 9.23. The van der Waals surface area contributed by atoms with E-state index in [-0.39, 0.29) is 36.0 Å². The van der Waals surface area contributed by atoms with Crippen LogP contribution in [0.1, 0.15) is 51.4 Å². The summed E-state index contributed by atoms with van der Waals surface area (Å²) < 4.78 is 0. The number of urea groups is 1. The Morgan fingerprint density at radius 1 is 1.16 bits per heavy atom. The van der Waals surface area contributed by atoms with Gasteiger partial charge in [-0.15, -0.1) is 0 Å². The number of rotatable bonds is 7. The highest BCUT2D eigenvalue weighted by Crippen LogP contribution is 2.33. The van der Waals surface area contributed by atoms with Crippen LogP contribution in [0, 0.1) is 5.92 Å². The van der Waals surface area contributed by atoms with Crippen molar-refractivity contribution in [3.63, 3.8) is 0 Å². The zero-order valence-corrected chi connectivity index (χ0v) is 15.1. The van der Waals surface area contributed by atoms with Gasteiger partial charge in [0.15, 0.2) is 0 Å². The molecular formula is C17H27N3O4S. The number of carboxylic acid groups (broad SMARTS) is 1. The first kappa shape index (κ1) is 18.4. The van der Waals surface area contributed by atoms with Gasteiger partial charge in [-0.05, 0) is 38.5 Å². The zero-order chi connectivity index (χ0) is 17.8. The second-order valence-electron chi connectivity index (χ2n) is 7.32. The lowest BCUT2D eigenvalue weighted by Crippen LogP contribution is -2.38. The summed E-state index contributed by atoms with van der Waals surface area (Å²) in [5.74, 6) is 0.0802. The maximum absolute atomic E-state index is 12.0. The molecule has 0 aromatic heterocycles. The molecule has 3 atom stereocenters. The second kappa shape index (κ2) is 8.29. The van der Waals surface area contributed by atoms with Crippen molar-refractivity contribution in [1.82, 2.24) is 16.0 Å². The molecule has 3 rings (SSSR count). The van der Waals surface area contributed by atoms with Gasteiger partial charge in [0.2, 0.25) is 5.91 Å². The van der Waals surface area contributed by atoms with Crippen molar-refractivity contribution in [2.45, 2.75) is 74.7 Å². The van der Waals surface area contributed by atoms with E-state index in [2.05, 4.69) is 16.0 Å². The Morgan fingerprint density at radius 3 is 2.64 bits per heavy atom. The summed E-state index contributed by atoms with van der Waals surface area (Å²) in [5.41, 5.74) is 0. The molecule has 0 bridgehead atoms. The van der Waals surface area contributed by atoms with Crippen LogP contribution in [0.3, 0.4) is 0 Å². The molecule has 0 spiro atoms. The smallest absolute Gasteiger partial charge is 0.315 e. The standard InChI is InChI=1S/C17H27N3O4S/c21-14(18-11-7-5-10(6-8-11)16(22)23)4-2-1-3-13-15-12(9-25-13)19-17(24)20-15/h10-13,15H,1-9H2,(H,18,21)(H,22,23)(H2,19,20,24)/t10?,11?,12-,13-,15-/m0/s1. The molecule has 8 heteroatoms. The maximum Gasteiger partial charge on any atom is 0.315 e. The Kier molecular flexibility index (Phi) is 6.09. The molecule has 2 heterocycles. The summed E-state index contributed by atoms with van der Waals surface area (Å²) in [5, 5.41) is 18.4. The zero-order valence-electron chi connectivity index (χ0n) is 14.3. The molecule has 3 fully saturated rings. The number of amides is 3. The topological polar surface area (TPSA) is 108 Å². The Bertz CT molecular complexity index is 522. The van der Waals surface area contributed by atoms with Crippen LogP contribution in [-0.2, 0) is 9.59 Å². The van der Waals surface area contributed by atoms with Crippen molar-refractivity contribution in [2.24, 2.45) is 5.92 Å². The highest BCUT2D eigenvalue weighted by molar-refractivity contribution is 8.00. The van der Waals surface area contributed by atoms with Gasteiger partial charge in [-0.1, -0.05) is 6.42 Å². The summed E-state index contributed by atoms with van der Waals surface area (Å²) >= 11 is 1.90. The first-order chi connectivity index (χ1) is 12.0. The second-order valence-corrected chi connectivity index (χ2v) is 8.59. The maximum atomic E-state index is 12.0. The Hall–Kier alpha value is -1.44. The fourth-order valence-corrected chi connectivity index (χ4v) is 5.60. The molecule has 140 valence electrons. The molecule has 4 N–H and O–H groups in total. The summed E-state index contributed by atoms with van der Waals surface area (Å²) in [7, 11) is 0. The average Bonchev–Trinajstić information content (AvgIpc) is 3.11. The molecule has 7 nitrogen and oxygen atoms in total. The Morgan fingerprint density at radius 2 is 1.92 bits per heavy atom. The van der Waals surface area contributed by atoms with Crippen LogP contribution in [0.15, 0.2) is 0 Å². The Balaban J connectivity index is 1.27. The highest BCUT2D eigenvalue weighted by Gasteiger charge is 2.42. The molecule has 3 amide bonds. The largest absolute Gasteiger partial charge is 0.481 e.